The second kappa shape index (κ2) is 10.0. The van der Waals surface area contributed by atoms with E-state index in [9.17, 15) is 31.1 Å². The lowest BCUT2D eigenvalue weighted by Crippen LogP contribution is -2.48. The first-order valence-electron chi connectivity index (χ1n) is 9.99. The van der Waals surface area contributed by atoms with Gasteiger partial charge in [-0.05, 0) is 25.1 Å². The number of carbonyl (C=O) groups is 1. The molecule has 0 spiro atoms. The molecule has 1 amide bonds. The largest absolute Gasteiger partial charge is 0.480 e. The Bertz CT molecular complexity index is 1070. The van der Waals surface area contributed by atoms with Crippen molar-refractivity contribution in [2.45, 2.75) is 19.2 Å². The fourth-order valence-electron chi connectivity index (χ4n) is 3.10. The molecule has 0 bridgehead atoms. The van der Waals surface area contributed by atoms with Gasteiger partial charge in [-0.2, -0.15) is 13.2 Å². The molecule has 1 saturated heterocycles. The summed E-state index contributed by atoms with van der Waals surface area (Å²) >= 11 is 5.87. The summed E-state index contributed by atoms with van der Waals surface area (Å²) < 4.78 is 85.8. The topological polar surface area (TPSA) is 53.6 Å². The minimum atomic E-state index is -4.78. The monoisotopic (exact) mass is 507 g/mol. The average molecular weight is 508 g/mol. The van der Waals surface area contributed by atoms with Gasteiger partial charge in [0, 0.05) is 25.1 Å². The SMILES string of the molecule is C=C(Nc1cc(O[C@@H](C)C(F)(F)F)c(C(=O)Nc2c(F)cccc2Cl)cc1F)N1CC(CF)C1. The first-order chi connectivity index (χ1) is 15.9. The highest BCUT2D eigenvalue weighted by atomic mass is 35.5. The van der Waals surface area contributed by atoms with E-state index in [1.165, 1.54) is 12.1 Å². The number of benzene rings is 2. The molecule has 12 heteroatoms. The molecule has 1 atom stereocenters. The van der Waals surface area contributed by atoms with Crippen molar-refractivity contribution in [2.75, 3.05) is 30.4 Å². The molecule has 2 N–H and O–H groups in total. The predicted octanol–water partition coefficient (Wildman–Crippen LogP) is 5.98. The highest BCUT2D eigenvalue weighted by molar-refractivity contribution is 6.34. The maximum Gasteiger partial charge on any atom is 0.425 e. The summed E-state index contributed by atoms with van der Waals surface area (Å²) in [7, 11) is 0. The molecule has 1 aliphatic rings. The van der Waals surface area contributed by atoms with E-state index in [4.69, 9.17) is 16.3 Å². The van der Waals surface area contributed by atoms with Crippen LogP contribution in [0.3, 0.4) is 0 Å². The maximum atomic E-state index is 14.8. The fourth-order valence-corrected chi connectivity index (χ4v) is 3.31. The van der Waals surface area contributed by atoms with Crippen LogP contribution in [0.25, 0.3) is 0 Å². The van der Waals surface area contributed by atoms with E-state index in [1.54, 1.807) is 4.90 Å². The van der Waals surface area contributed by atoms with Crippen LogP contribution in [0.1, 0.15) is 17.3 Å². The minimum absolute atomic E-state index is 0.171. The van der Waals surface area contributed by atoms with Crippen LogP contribution in [0.4, 0.5) is 37.7 Å². The highest BCUT2D eigenvalue weighted by Crippen LogP contribution is 2.34. The standard InChI is InChI=1S/C22H20ClF6N3O2/c1-11(22(27,28)29)34-19-7-18(30-12(2)32-9-13(8-24)10-32)17(26)6-14(19)21(33)31-20-15(23)4-3-5-16(20)25/h3-7,11,13,30H,2,8-10H2,1H3,(H,31,33)/t11-/m0/s1. The number of amides is 1. The van der Waals surface area contributed by atoms with Gasteiger partial charge in [0.25, 0.3) is 5.91 Å². The van der Waals surface area contributed by atoms with Gasteiger partial charge in [0.2, 0.25) is 0 Å². The normalized spacial score (nSPS) is 14.9. The van der Waals surface area contributed by atoms with E-state index in [-0.39, 0.29) is 22.4 Å². The molecule has 0 unspecified atom stereocenters. The summed E-state index contributed by atoms with van der Waals surface area (Å²) in [4.78, 5) is 14.4. The molecule has 34 heavy (non-hydrogen) atoms. The zero-order chi connectivity index (χ0) is 25.2. The van der Waals surface area contributed by atoms with E-state index < -0.39 is 53.5 Å². The molecule has 2 aromatic rings. The zero-order valence-electron chi connectivity index (χ0n) is 17.8. The number of likely N-dealkylation sites (tertiary alicyclic amines) is 1. The van der Waals surface area contributed by atoms with Gasteiger partial charge in [-0.25, -0.2) is 8.78 Å². The summed E-state index contributed by atoms with van der Waals surface area (Å²) in [6.07, 6.45) is -7.13. The van der Waals surface area contributed by atoms with E-state index in [0.29, 0.717) is 26.1 Å². The molecular weight excluding hydrogens is 488 g/mol. The van der Waals surface area contributed by atoms with Gasteiger partial charge in [0.05, 0.1) is 34.5 Å². The Morgan fingerprint density at radius 2 is 1.91 bits per heavy atom. The lowest BCUT2D eigenvalue weighted by molar-refractivity contribution is -0.189. The van der Waals surface area contributed by atoms with Crippen molar-refractivity contribution in [3.63, 3.8) is 0 Å². The molecule has 0 aromatic heterocycles. The summed E-state index contributed by atoms with van der Waals surface area (Å²) in [5.74, 6) is -3.67. The Hall–Kier alpha value is -3.08. The van der Waals surface area contributed by atoms with Crippen LogP contribution in [0.15, 0.2) is 42.7 Å². The Balaban J connectivity index is 1.92. The molecular formula is C22H20ClF6N3O2. The fraction of sp³-hybridized carbons (Fsp3) is 0.318. The number of hydrogen-bond donors (Lipinski definition) is 2. The number of nitrogens with zero attached hydrogens (tertiary/aromatic N) is 1. The lowest BCUT2D eigenvalue weighted by atomic mass is 10.0. The first-order valence-corrected chi connectivity index (χ1v) is 10.4. The second-order valence-electron chi connectivity index (χ2n) is 7.68. The quantitative estimate of drug-likeness (QED) is 0.431. The zero-order valence-corrected chi connectivity index (χ0v) is 18.5. The van der Waals surface area contributed by atoms with Crippen molar-refractivity contribution in [1.82, 2.24) is 4.90 Å². The number of halogens is 7. The lowest BCUT2D eigenvalue weighted by Gasteiger charge is -2.40. The number of hydrogen-bond acceptors (Lipinski definition) is 4. The van der Waals surface area contributed by atoms with E-state index in [1.807, 2.05) is 0 Å². The molecule has 0 radical (unpaired) electrons. The van der Waals surface area contributed by atoms with Crippen molar-refractivity contribution >= 4 is 28.9 Å². The molecule has 0 aliphatic carbocycles. The molecule has 1 aliphatic heterocycles. The summed E-state index contributed by atoms with van der Waals surface area (Å²) in [6, 6.07) is 5.10. The van der Waals surface area contributed by atoms with Crippen LogP contribution in [0.2, 0.25) is 5.02 Å². The van der Waals surface area contributed by atoms with Gasteiger partial charge < -0.3 is 20.3 Å². The highest BCUT2D eigenvalue weighted by Gasteiger charge is 2.39. The third-order valence-electron chi connectivity index (χ3n) is 5.12. The number of nitrogens with one attached hydrogen (secondary N) is 2. The predicted molar refractivity (Wildman–Crippen MR) is 116 cm³/mol. The Labute approximate surface area is 196 Å². The van der Waals surface area contributed by atoms with Crippen LogP contribution in [-0.2, 0) is 0 Å². The first kappa shape index (κ1) is 25.5. The smallest absolute Gasteiger partial charge is 0.425 e. The van der Waals surface area contributed by atoms with Crippen molar-refractivity contribution in [3.05, 3.63) is 65.0 Å². The Kier molecular flexibility index (Phi) is 7.54. The summed E-state index contributed by atoms with van der Waals surface area (Å²) in [6.45, 7) is 4.57. The van der Waals surface area contributed by atoms with Gasteiger partial charge in [0.1, 0.15) is 17.4 Å². The minimum Gasteiger partial charge on any atom is -0.480 e. The number of rotatable bonds is 8. The molecule has 5 nitrogen and oxygen atoms in total. The van der Waals surface area contributed by atoms with Crippen molar-refractivity contribution in [1.29, 1.82) is 0 Å². The van der Waals surface area contributed by atoms with E-state index in [0.717, 1.165) is 12.1 Å². The van der Waals surface area contributed by atoms with Crippen LogP contribution < -0.4 is 15.4 Å². The van der Waals surface area contributed by atoms with Crippen molar-refractivity contribution in [2.24, 2.45) is 5.92 Å². The van der Waals surface area contributed by atoms with Gasteiger partial charge in [-0.1, -0.05) is 24.2 Å². The number of alkyl halides is 4. The molecule has 1 heterocycles. The molecule has 184 valence electrons. The van der Waals surface area contributed by atoms with Crippen LogP contribution >= 0.6 is 11.6 Å². The average Bonchev–Trinajstić information content (AvgIpc) is 2.71. The van der Waals surface area contributed by atoms with Crippen LogP contribution in [-0.4, -0.2) is 42.9 Å². The van der Waals surface area contributed by atoms with Crippen molar-refractivity contribution in [3.8, 4) is 5.75 Å². The second-order valence-corrected chi connectivity index (χ2v) is 8.08. The number of para-hydroxylation sites is 1. The van der Waals surface area contributed by atoms with Crippen LogP contribution in [0, 0.1) is 17.6 Å². The Morgan fingerprint density at radius 3 is 2.50 bits per heavy atom. The molecule has 0 saturated carbocycles. The Morgan fingerprint density at radius 1 is 1.24 bits per heavy atom. The van der Waals surface area contributed by atoms with Gasteiger partial charge in [-0.3, -0.25) is 9.18 Å². The van der Waals surface area contributed by atoms with Crippen LogP contribution in [0.5, 0.6) is 5.75 Å². The molecule has 1 fully saturated rings. The summed E-state index contributed by atoms with van der Waals surface area (Å²) in [5, 5.41) is 4.56. The third-order valence-corrected chi connectivity index (χ3v) is 5.43. The van der Waals surface area contributed by atoms with Gasteiger partial charge in [0.15, 0.2) is 6.10 Å². The number of anilines is 2. The van der Waals surface area contributed by atoms with E-state index >= 15 is 0 Å². The van der Waals surface area contributed by atoms with Crippen molar-refractivity contribution < 1.29 is 35.9 Å². The maximum absolute atomic E-state index is 14.8. The number of carbonyl (C=O) groups excluding carboxylic acids is 1. The van der Waals surface area contributed by atoms with E-state index in [2.05, 4.69) is 17.2 Å². The van der Waals surface area contributed by atoms with Gasteiger partial charge >= 0.3 is 6.18 Å². The molecule has 3 rings (SSSR count). The van der Waals surface area contributed by atoms with Gasteiger partial charge in [-0.15, -0.1) is 0 Å². The summed E-state index contributed by atoms with van der Waals surface area (Å²) in [5.41, 5.74) is -1.37. The third kappa shape index (κ3) is 5.69. The molecule has 2 aromatic carbocycles. The number of ether oxygens (including phenoxy) is 1.